The highest BCUT2D eigenvalue weighted by Crippen LogP contribution is 2.23. The third-order valence-electron chi connectivity index (χ3n) is 5.61. The number of hydrogen-bond donors (Lipinski definition) is 2. The number of benzene rings is 1. The van der Waals surface area contributed by atoms with Crippen molar-refractivity contribution in [1.82, 2.24) is 9.80 Å². The van der Waals surface area contributed by atoms with Gasteiger partial charge in [0, 0.05) is 43.3 Å². The second-order valence-corrected chi connectivity index (χ2v) is 8.04. The molecule has 2 heterocycles. The zero-order valence-electron chi connectivity index (χ0n) is 16.8. The Labute approximate surface area is 169 Å². The summed E-state index contributed by atoms with van der Waals surface area (Å²) in [6.45, 7) is 5.03. The summed E-state index contributed by atoms with van der Waals surface area (Å²) in [5.74, 6) is -2.20. The fraction of sp³-hybridized carbons (Fsp3) is 0.524. The maximum absolute atomic E-state index is 12.6. The van der Waals surface area contributed by atoms with E-state index in [2.05, 4.69) is 5.32 Å². The highest BCUT2D eigenvalue weighted by molar-refractivity contribution is 5.98. The Morgan fingerprint density at radius 1 is 1.10 bits per heavy atom. The van der Waals surface area contributed by atoms with Gasteiger partial charge in [-0.15, -0.1) is 0 Å². The molecule has 0 bridgehead atoms. The van der Waals surface area contributed by atoms with Crippen LogP contribution in [0.3, 0.4) is 0 Å². The first kappa shape index (κ1) is 20.8. The number of carboxylic acid groups (broad SMARTS) is 1. The molecule has 2 aliphatic heterocycles. The Morgan fingerprint density at radius 3 is 2.38 bits per heavy atom. The molecule has 3 rings (SSSR count). The molecule has 0 aromatic heterocycles. The van der Waals surface area contributed by atoms with Gasteiger partial charge in [-0.1, -0.05) is 0 Å². The Balaban J connectivity index is 1.59. The van der Waals surface area contributed by atoms with Crippen molar-refractivity contribution >= 4 is 29.4 Å². The Hall–Kier alpha value is -2.90. The van der Waals surface area contributed by atoms with Crippen molar-refractivity contribution < 1.29 is 24.3 Å². The molecule has 156 valence electrons. The van der Waals surface area contributed by atoms with Gasteiger partial charge in [-0.2, -0.15) is 0 Å². The topological polar surface area (TPSA) is 107 Å². The molecule has 2 atom stereocenters. The van der Waals surface area contributed by atoms with E-state index in [1.165, 1.54) is 0 Å². The van der Waals surface area contributed by atoms with E-state index in [9.17, 15) is 24.3 Å². The molecule has 0 spiro atoms. The summed E-state index contributed by atoms with van der Waals surface area (Å²) in [6, 6.07) is 6.63. The number of nitrogens with one attached hydrogen (secondary N) is 1. The van der Waals surface area contributed by atoms with E-state index in [1.807, 2.05) is 13.8 Å². The molecule has 0 aliphatic carbocycles. The second kappa shape index (κ2) is 8.63. The molecule has 1 aromatic carbocycles. The van der Waals surface area contributed by atoms with Gasteiger partial charge in [0.1, 0.15) is 0 Å². The van der Waals surface area contributed by atoms with Crippen LogP contribution in [0.1, 0.15) is 43.5 Å². The Bertz CT molecular complexity index is 805. The summed E-state index contributed by atoms with van der Waals surface area (Å²) in [7, 11) is 0. The number of carboxylic acids is 1. The lowest BCUT2D eigenvalue weighted by Gasteiger charge is -2.30. The summed E-state index contributed by atoms with van der Waals surface area (Å²) >= 11 is 0. The summed E-state index contributed by atoms with van der Waals surface area (Å²) < 4.78 is 0. The van der Waals surface area contributed by atoms with E-state index >= 15 is 0 Å². The smallest absolute Gasteiger partial charge is 0.308 e. The van der Waals surface area contributed by atoms with Crippen LogP contribution >= 0.6 is 0 Å². The molecule has 8 heteroatoms. The first-order valence-corrected chi connectivity index (χ1v) is 9.98. The molecular formula is C21H27N3O5. The van der Waals surface area contributed by atoms with Crippen LogP contribution in [0.5, 0.6) is 0 Å². The van der Waals surface area contributed by atoms with Gasteiger partial charge in [0.05, 0.1) is 11.8 Å². The van der Waals surface area contributed by atoms with Crippen molar-refractivity contribution in [1.29, 1.82) is 0 Å². The second-order valence-electron chi connectivity index (χ2n) is 8.04. The van der Waals surface area contributed by atoms with Gasteiger partial charge >= 0.3 is 5.97 Å². The van der Waals surface area contributed by atoms with Crippen molar-refractivity contribution in [2.24, 2.45) is 11.8 Å². The molecule has 2 N–H and O–H groups in total. The number of rotatable bonds is 5. The third kappa shape index (κ3) is 4.75. The summed E-state index contributed by atoms with van der Waals surface area (Å²) in [6.07, 6.45) is 1.46. The van der Waals surface area contributed by atoms with Crippen LogP contribution in [0, 0.1) is 11.8 Å². The van der Waals surface area contributed by atoms with Crippen LogP contribution in [0.4, 0.5) is 5.69 Å². The van der Waals surface area contributed by atoms with Gasteiger partial charge < -0.3 is 20.2 Å². The normalized spacial score (nSPS) is 22.1. The van der Waals surface area contributed by atoms with Crippen molar-refractivity contribution in [2.45, 2.75) is 39.2 Å². The molecule has 0 unspecified atom stereocenters. The molecule has 0 saturated carbocycles. The standard InChI is InChI=1S/C21H27N3O5/c1-13(2)24-12-16(10-18(24)25)19(26)22-17-7-5-14(6-8-17)20(27)23-9-3-4-15(11-23)21(28)29/h5-8,13,15-16H,3-4,9-12H2,1-2H3,(H,22,26)(H,28,29)/t15-,16-/m1/s1. The predicted molar refractivity (Wildman–Crippen MR) is 106 cm³/mol. The van der Waals surface area contributed by atoms with Gasteiger partial charge in [0.15, 0.2) is 0 Å². The average molecular weight is 401 g/mol. The van der Waals surface area contributed by atoms with Crippen LogP contribution in [-0.4, -0.2) is 64.3 Å². The third-order valence-corrected chi connectivity index (χ3v) is 5.61. The van der Waals surface area contributed by atoms with Crippen molar-refractivity contribution in [2.75, 3.05) is 25.0 Å². The summed E-state index contributed by atoms with van der Waals surface area (Å²) in [5.41, 5.74) is 1.01. The number of carbonyl (C=O) groups is 4. The quantitative estimate of drug-likeness (QED) is 0.783. The maximum Gasteiger partial charge on any atom is 0.308 e. The minimum Gasteiger partial charge on any atom is -0.481 e. The fourth-order valence-electron chi connectivity index (χ4n) is 3.89. The molecule has 8 nitrogen and oxygen atoms in total. The first-order valence-electron chi connectivity index (χ1n) is 9.98. The van der Waals surface area contributed by atoms with Gasteiger partial charge in [-0.3, -0.25) is 19.2 Å². The SMILES string of the molecule is CC(C)N1C[C@H](C(=O)Nc2ccc(C(=O)N3CCC[C@@H](C(=O)O)C3)cc2)CC1=O. The molecule has 2 aliphatic rings. The highest BCUT2D eigenvalue weighted by Gasteiger charge is 2.35. The molecule has 2 saturated heterocycles. The first-order chi connectivity index (χ1) is 13.8. The average Bonchev–Trinajstić information content (AvgIpc) is 3.10. The number of hydrogen-bond acceptors (Lipinski definition) is 4. The Morgan fingerprint density at radius 2 is 1.79 bits per heavy atom. The van der Waals surface area contributed by atoms with E-state index in [0.29, 0.717) is 37.2 Å². The minimum absolute atomic E-state index is 0.0118. The maximum atomic E-state index is 12.6. The largest absolute Gasteiger partial charge is 0.481 e. The van der Waals surface area contributed by atoms with Crippen LogP contribution in [0.2, 0.25) is 0 Å². The monoisotopic (exact) mass is 401 g/mol. The number of anilines is 1. The summed E-state index contributed by atoms with van der Waals surface area (Å²) in [4.78, 5) is 51.6. The number of aliphatic carboxylic acids is 1. The molecule has 29 heavy (non-hydrogen) atoms. The number of carbonyl (C=O) groups excluding carboxylic acids is 3. The molecule has 3 amide bonds. The van der Waals surface area contributed by atoms with Crippen molar-refractivity contribution in [3.05, 3.63) is 29.8 Å². The van der Waals surface area contributed by atoms with E-state index in [1.54, 1.807) is 34.1 Å². The highest BCUT2D eigenvalue weighted by atomic mass is 16.4. The lowest BCUT2D eigenvalue weighted by atomic mass is 9.97. The zero-order valence-corrected chi connectivity index (χ0v) is 16.8. The zero-order chi connectivity index (χ0) is 21.1. The molecule has 0 radical (unpaired) electrons. The van der Waals surface area contributed by atoms with Gasteiger partial charge in [-0.25, -0.2) is 0 Å². The van der Waals surface area contributed by atoms with Gasteiger partial charge in [-0.05, 0) is 51.0 Å². The minimum atomic E-state index is -0.873. The lowest BCUT2D eigenvalue weighted by molar-refractivity contribution is -0.143. The van der Waals surface area contributed by atoms with Crippen molar-refractivity contribution in [3.63, 3.8) is 0 Å². The van der Waals surface area contributed by atoms with Gasteiger partial charge in [0.25, 0.3) is 5.91 Å². The van der Waals surface area contributed by atoms with Crippen LogP contribution < -0.4 is 5.32 Å². The number of likely N-dealkylation sites (tertiary alicyclic amines) is 2. The molecular weight excluding hydrogens is 374 g/mol. The van der Waals surface area contributed by atoms with Crippen LogP contribution in [-0.2, 0) is 14.4 Å². The van der Waals surface area contributed by atoms with E-state index in [0.717, 1.165) is 0 Å². The van der Waals surface area contributed by atoms with E-state index in [4.69, 9.17) is 0 Å². The predicted octanol–water partition coefficient (Wildman–Crippen LogP) is 1.82. The fourth-order valence-corrected chi connectivity index (χ4v) is 3.89. The number of piperidine rings is 1. The number of nitrogens with zero attached hydrogens (tertiary/aromatic N) is 2. The van der Waals surface area contributed by atoms with Gasteiger partial charge in [0.2, 0.25) is 11.8 Å². The number of amides is 3. The molecule has 2 fully saturated rings. The van der Waals surface area contributed by atoms with E-state index < -0.39 is 11.9 Å². The molecule has 1 aromatic rings. The van der Waals surface area contributed by atoms with Crippen molar-refractivity contribution in [3.8, 4) is 0 Å². The van der Waals surface area contributed by atoms with Crippen LogP contribution in [0.25, 0.3) is 0 Å². The summed E-state index contributed by atoms with van der Waals surface area (Å²) in [5, 5.41) is 12.0. The Kier molecular flexibility index (Phi) is 6.20. The van der Waals surface area contributed by atoms with E-state index in [-0.39, 0.29) is 42.6 Å². The van der Waals surface area contributed by atoms with Crippen LogP contribution in [0.15, 0.2) is 24.3 Å². The lowest BCUT2D eigenvalue weighted by Crippen LogP contribution is -2.42.